The predicted molar refractivity (Wildman–Crippen MR) is 192 cm³/mol. The Bertz CT molecular complexity index is 1480. The summed E-state index contributed by atoms with van der Waals surface area (Å²) < 4.78 is 12.8. The maximum absolute atomic E-state index is 14.1. The Morgan fingerprint density at radius 3 is 2.41 bits per heavy atom. The maximum atomic E-state index is 14.1. The number of unbranched alkanes of at least 4 members (excludes halogenated alkanes) is 7. The lowest BCUT2D eigenvalue weighted by Crippen LogP contribution is -2.69. The van der Waals surface area contributed by atoms with Gasteiger partial charge in [-0.2, -0.15) is 0 Å². The van der Waals surface area contributed by atoms with Crippen molar-refractivity contribution in [1.82, 2.24) is 9.80 Å². The van der Waals surface area contributed by atoms with Gasteiger partial charge in [-0.3, -0.25) is 14.5 Å². The van der Waals surface area contributed by atoms with Crippen molar-refractivity contribution in [3.63, 3.8) is 0 Å². The topological polar surface area (TPSA) is 79.3 Å². The van der Waals surface area contributed by atoms with Crippen molar-refractivity contribution in [1.29, 1.82) is 0 Å². The summed E-state index contributed by atoms with van der Waals surface area (Å²) in [6.07, 6.45) is 15.9. The van der Waals surface area contributed by atoms with Gasteiger partial charge in [-0.25, -0.2) is 0 Å². The van der Waals surface area contributed by atoms with Crippen LogP contribution in [0.2, 0.25) is 0 Å². The van der Waals surface area contributed by atoms with Gasteiger partial charge in [0.05, 0.1) is 12.1 Å². The van der Waals surface area contributed by atoms with E-state index >= 15 is 0 Å². The van der Waals surface area contributed by atoms with Crippen molar-refractivity contribution in [2.45, 2.75) is 153 Å². The number of aliphatic hydroxyl groups is 1. The number of carbonyl (C=O) groups excluding carboxylic acids is 2. The third-order valence-electron chi connectivity index (χ3n) is 12.6. The quantitative estimate of drug-likeness (QED) is 0.114. The van der Waals surface area contributed by atoms with Crippen LogP contribution in [0.15, 0.2) is 42.5 Å². The molecule has 7 heteroatoms. The van der Waals surface area contributed by atoms with E-state index < -0.39 is 0 Å². The normalized spacial score (nSPS) is 29.3. The molecule has 2 unspecified atom stereocenters. The first-order valence-corrected chi connectivity index (χ1v) is 19.6. The molecule has 0 aromatic heterocycles. The van der Waals surface area contributed by atoms with Crippen LogP contribution in [0.4, 0.5) is 0 Å². The van der Waals surface area contributed by atoms with E-state index in [2.05, 4.69) is 60.0 Å². The van der Waals surface area contributed by atoms with Crippen LogP contribution in [-0.4, -0.2) is 70.2 Å². The van der Waals surface area contributed by atoms with E-state index in [0.717, 1.165) is 63.8 Å². The Kier molecular flexibility index (Phi) is 10.4. The number of nitrogens with zero attached hydrogens (tertiary/aromatic N) is 2. The molecule has 2 aromatic carbocycles. The van der Waals surface area contributed by atoms with Crippen LogP contribution in [0.5, 0.6) is 11.5 Å². The summed E-state index contributed by atoms with van der Waals surface area (Å²) in [6.45, 7) is 7.70. The van der Waals surface area contributed by atoms with Gasteiger partial charge >= 0.3 is 5.97 Å². The van der Waals surface area contributed by atoms with E-state index in [-0.39, 0.29) is 41.6 Å². The van der Waals surface area contributed by atoms with Crippen LogP contribution in [0.1, 0.15) is 121 Å². The second kappa shape index (κ2) is 14.8. The number of esters is 1. The molecular formula is C42H58N2O5. The molecule has 1 amide bonds. The van der Waals surface area contributed by atoms with Crippen LogP contribution in [0.25, 0.3) is 0 Å². The zero-order valence-electron chi connectivity index (χ0n) is 30.1. The van der Waals surface area contributed by atoms with E-state index in [4.69, 9.17) is 9.47 Å². The molecule has 2 aliphatic heterocycles. The number of hydrogen-bond acceptors (Lipinski definition) is 6. The molecule has 5 aliphatic rings. The molecule has 7 rings (SSSR count). The molecule has 3 aliphatic carbocycles. The predicted octanol–water partition coefficient (Wildman–Crippen LogP) is 7.39. The monoisotopic (exact) mass is 670 g/mol. The number of rotatable bonds is 16. The van der Waals surface area contributed by atoms with Gasteiger partial charge in [-0.15, -0.1) is 0 Å². The Labute approximate surface area is 293 Å². The molecule has 1 saturated heterocycles. The average Bonchev–Trinajstić information content (AvgIpc) is 3.66. The summed E-state index contributed by atoms with van der Waals surface area (Å²) in [7, 11) is 0. The highest BCUT2D eigenvalue weighted by Crippen LogP contribution is 2.64. The van der Waals surface area contributed by atoms with Crippen molar-refractivity contribution in [3.05, 3.63) is 59.2 Å². The third-order valence-corrected chi connectivity index (χ3v) is 12.6. The number of amides is 1. The summed E-state index contributed by atoms with van der Waals surface area (Å²) in [4.78, 5) is 31.1. The largest absolute Gasteiger partial charge is 0.483 e. The maximum Gasteiger partial charge on any atom is 0.308 e. The minimum absolute atomic E-state index is 0.0133. The summed E-state index contributed by atoms with van der Waals surface area (Å²) in [5.41, 5.74) is 3.80. The van der Waals surface area contributed by atoms with E-state index in [1.54, 1.807) is 0 Å². The molecule has 49 heavy (non-hydrogen) atoms. The Balaban J connectivity index is 0.990. The average molecular weight is 671 g/mol. The number of carbonyl (C=O) groups is 2. The van der Waals surface area contributed by atoms with Gasteiger partial charge in [0.25, 0.3) is 0 Å². The lowest BCUT2D eigenvalue weighted by atomic mass is 9.51. The van der Waals surface area contributed by atoms with E-state index in [0.29, 0.717) is 30.0 Å². The third kappa shape index (κ3) is 6.91. The van der Waals surface area contributed by atoms with Crippen molar-refractivity contribution in [3.8, 4) is 11.5 Å². The molecule has 266 valence electrons. The zero-order valence-corrected chi connectivity index (χ0v) is 30.1. The second-order valence-electron chi connectivity index (χ2n) is 16.1. The Morgan fingerprint density at radius 1 is 1.00 bits per heavy atom. The lowest BCUT2D eigenvalue weighted by Gasteiger charge is -2.61. The minimum atomic E-state index is -0.339. The van der Waals surface area contributed by atoms with Gasteiger partial charge in [0, 0.05) is 48.9 Å². The number of likely N-dealkylation sites (tertiary alicyclic amines) is 1. The number of aliphatic hydroxyl groups excluding tert-OH is 1. The van der Waals surface area contributed by atoms with Gasteiger partial charge in [0.15, 0.2) is 11.5 Å². The molecule has 2 saturated carbocycles. The molecule has 0 radical (unpaired) electrons. The molecular weight excluding hydrogens is 612 g/mol. The molecule has 2 bridgehead atoms. The van der Waals surface area contributed by atoms with Crippen LogP contribution in [0.3, 0.4) is 0 Å². The van der Waals surface area contributed by atoms with Gasteiger partial charge < -0.3 is 19.5 Å². The molecule has 2 aromatic rings. The van der Waals surface area contributed by atoms with Crippen LogP contribution < -0.4 is 9.47 Å². The first-order chi connectivity index (χ1) is 23.8. The number of hydrogen-bond donors (Lipinski definition) is 1. The molecule has 7 atom stereocenters. The second-order valence-corrected chi connectivity index (χ2v) is 16.1. The van der Waals surface area contributed by atoms with Crippen LogP contribution in [-0.2, 0) is 27.8 Å². The highest BCUT2D eigenvalue weighted by atomic mass is 16.6. The highest BCUT2D eigenvalue weighted by Gasteiger charge is 2.67. The van der Waals surface area contributed by atoms with Crippen molar-refractivity contribution in [2.24, 2.45) is 11.8 Å². The summed E-state index contributed by atoms with van der Waals surface area (Å²) in [6, 6.07) is 15.3. The first kappa shape index (κ1) is 34.5. The molecule has 1 N–H and O–H groups in total. The fraction of sp³-hybridized carbons (Fsp3) is 0.667. The standard InChI is InChI=1S/C42H58N2O5/c1-28(2)44(38(47)18-14-9-7-5-4-6-8-11-15-30-16-12-10-13-17-30)34-21-20-33-35-25-31-19-22-37(48-29(3)45)40-39(31)42(33,41(34)49-40)23-24-43(35)27-32-26-36(32)46/h10,12-13,16-17,19,22,28,32-36,41,46H,4-9,11,14-15,18,20-21,23-27H2,1-3H3/t32?,33-,34+,35+,36?,41-,42-/m0/s1. The van der Waals surface area contributed by atoms with Gasteiger partial charge in [-0.05, 0) is 94.9 Å². The first-order valence-electron chi connectivity index (χ1n) is 19.6. The van der Waals surface area contributed by atoms with Gasteiger partial charge in [0.2, 0.25) is 5.91 Å². The fourth-order valence-electron chi connectivity index (χ4n) is 10.4. The summed E-state index contributed by atoms with van der Waals surface area (Å²) in [5, 5.41) is 10.2. The van der Waals surface area contributed by atoms with Crippen LogP contribution >= 0.6 is 0 Å². The van der Waals surface area contributed by atoms with E-state index in [1.165, 1.54) is 68.6 Å². The fourth-order valence-corrected chi connectivity index (χ4v) is 10.4. The molecule has 7 nitrogen and oxygen atoms in total. The number of piperidine rings is 1. The molecule has 1 spiro atoms. The summed E-state index contributed by atoms with van der Waals surface area (Å²) >= 11 is 0. The van der Waals surface area contributed by atoms with Gasteiger partial charge in [-0.1, -0.05) is 74.9 Å². The zero-order chi connectivity index (χ0) is 34.1. The lowest BCUT2D eigenvalue weighted by molar-refractivity contribution is -0.146. The number of benzene rings is 2. The van der Waals surface area contributed by atoms with Crippen molar-refractivity contribution in [2.75, 3.05) is 13.1 Å². The summed E-state index contributed by atoms with van der Waals surface area (Å²) in [5.74, 6) is 1.99. The smallest absolute Gasteiger partial charge is 0.308 e. The van der Waals surface area contributed by atoms with Crippen molar-refractivity contribution < 1.29 is 24.2 Å². The Morgan fingerprint density at radius 2 is 1.71 bits per heavy atom. The van der Waals surface area contributed by atoms with E-state index in [9.17, 15) is 14.7 Å². The Hall–Kier alpha value is -2.90. The van der Waals surface area contributed by atoms with Crippen molar-refractivity contribution >= 4 is 11.9 Å². The number of aryl methyl sites for hydroxylation is 1. The van der Waals surface area contributed by atoms with Crippen LogP contribution in [0, 0.1) is 11.8 Å². The molecule has 2 heterocycles. The van der Waals surface area contributed by atoms with Gasteiger partial charge in [0.1, 0.15) is 6.10 Å². The molecule has 3 fully saturated rings. The minimum Gasteiger partial charge on any atom is -0.483 e. The highest BCUT2D eigenvalue weighted by molar-refractivity contribution is 5.77. The SMILES string of the molecule is CC(=O)Oc1ccc2c3c1O[C@H]1[C@H](N(C(=O)CCCCCCCCCCc4ccccc4)C(C)C)CC[C@H]4[C@@H](C2)N(CC2CC2O)CC[C@@]341. The number of ether oxygens (including phenoxy) is 2. The van der Waals surface area contributed by atoms with E-state index in [1.807, 2.05) is 6.07 Å².